The van der Waals surface area contributed by atoms with E-state index < -0.39 is 0 Å². The number of hydrogen-bond donors (Lipinski definition) is 0. The highest BCUT2D eigenvalue weighted by molar-refractivity contribution is 5.82. The molecule has 0 saturated heterocycles. The fourth-order valence-electron chi connectivity index (χ4n) is 6.09. The van der Waals surface area contributed by atoms with Gasteiger partial charge in [-0.05, 0) is 139 Å². The molecule has 0 N–H and O–H groups in total. The quantitative estimate of drug-likeness (QED) is 0.214. The second-order valence-corrected chi connectivity index (χ2v) is 12.7. The van der Waals surface area contributed by atoms with E-state index in [4.69, 9.17) is 0 Å². The Balaban J connectivity index is 1.29. The molecule has 2 aliphatic rings. The van der Waals surface area contributed by atoms with Crippen LogP contribution in [0.4, 0.5) is 34.1 Å². The van der Waals surface area contributed by atoms with Crippen LogP contribution in [-0.4, -0.2) is 0 Å². The molecule has 0 unspecified atom stereocenters. The molecule has 204 valence electrons. The molecular weight excluding hydrogens is 496 g/mol. The van der Waals surface area contributed by atoms with E-state index in [1.807, 2.05) is 0 Å². The van der Waals surface area contributed by atoms with E-state index in [1.54, 1.807) is 0 Å². The molecule has 0 radical (unpaired) electrons. The average Bonchev–Trinajstić information content (AvgIpc) is 2.93. The molecule has 2 heteroatoms. The second kappa shape index (κ2) is 9.96. The van der Waals surface area contributed by atoms with Gasteiger partial charge in [0.15, 0.2) is 0 Å². The van der Waals surface area contributed by atoms with E-state index in [0.29, 0.717) is 0 Å². The van der Waals surface area contributed by atoms with E-state index >= 15 is 0 Å². The molecule has 2 nitrogen and oxygen atoms in total. The van der Waals surface area contributed by atoms with Gasteiger partial charge in [0, 0.05) is 34.1 Å². The first-order valence-electron chi connectivity index (χ1n) is 14.9. The van der Waals surface area contributed by atoms with Crippen LogP contribution < -0.4 is 9.80 Å². The van der Waals surface area contributed by atoms with Crippen LogP contribution in [0.1, 0.15) is 54.2 Å². The van der Waals surface area contributed by atoms with Gasteiger partial charge >= 0.3 is 0 Å². The topological polar surface area (TPSA) is 6.48 Å². The zero-order valence-corrected chi connectivity index (χ0v) is 24.6. The van der Waals surface area contributed by atoms with E-state index in [2.05, 4.69) is 147 Å². The molecule has 0 heterocycles. The average molecular weight is 535 g/mol. The number of benzene rings is 5. The second-order valence-electron chi connectivity index (χ2n) is 12.7. The van der Waals surface area contributed by atoms with Gasteiger partial charge in [0.25, 0.3) is 0 Å². The minimum atomic E-state index is 0.124. The molecule has 2 aliphatic carbocycles. The zero-order valence-electron chi connectivity index (χ0n) is 24.6. The van der Waals surface area contributed by atoms with Crippen molar-refractivity contribution < 1.29 is 0 Å². The summed E-state index contributed by atoms with van der Waals surface area (Å²) in [5.74, 6) is 0. The lowest BCUT2D eigenvalue weighted by Gasteiger charge is -2.31. The van der Waals surface area contributed by atoms with Crippen molar-refractivity contribution in [1.82, 2.24) is 0 Å². The normalized spacial score (nSPS) is 13.5. The van der Waals surface area contributed by atoms with Crippen LogP contribution in [-0.2, 0) is 31.1 Å². The third-order valence-electron chi connectivity index (χ3n) is 8.87. The number of nitrogens with zero attached hydrogens (tertiary/aromatic N) is 2. The third-order valence-corrected chi connectivity index (χ3v) is 8.87. The summed E-state index contributed by atoms with van der Waals surface area (Å²) in [7, 11) is 0. The van der Waals surface area contributed by atoms with E-state index in [-0.39, 0.29) is 5.41 Å². The smallest absolute Gasteiger partial charge is 0.0464 e. The third kappa shape index (κ3) is 4.82. The molecule has 7 rings (SSSR count). The largest absolute Gasteiger partial charge is 0.310 e. The van der Waals surface area contributed by atoms with Crippen LogP contribution in [0.2, 0.25) is 0 Å². The summed E-state index contributed by atoms with van der Waals surface area (Å²) in [6, 6.07) is 41.0. The van der Waals surface area contributed by atoms with E-state index in [1.165, 1.54) is 81.8 Å². The fourth-order valence-corrected chi connectivity index (χ4v) is 6.09. The predicted octanol–water partition coefficient (Wildman–Crippen LogP) is 10.4. The fraction of sp³-hybridized carbons (Fsp3) is 0.231. The molecule has 5 aromatic rings. The molecule has 0 aromatic heterocycles. The minimum absolute atomic E-state index is 0.124. The molecule has 0 atom stereocenters. The van der Waals surface area contributed by atoms with Crippen molar-refractivity contribution in [3.05, 3.63) is 143 Å². The molecule has 0 spiro atoms. The molecular formula is C39H38N2. The van der Waals surface area contributed by atoms with Crippen molar-refractivity contribution in [3.8, 4) is 0 Å². The van der Waals surface area contributed by atoms with Crippen molar-refractivity contribution in [1.29, 1.82) is 0 Å². The van der Waals surface area contributed by atoms with E-state index in [9.17, 15) is 0 Å². The molecule has 0 amide bonds. The number of hydrogen-bond acceptors (Lipinski definition) is 2. The van der Waals surface area contributed by atoms with Crippen LogP contribution in [0.5, 0.6) is 0 Å². The van der Waals surface area contributed by atoms with Gasteiger partial charge in [0.1, 0.15) is 0 Å². The lowest BCUT2D eigenvalue weighted by atomic mass is 9.87. The summed E-state index contributed by atoms with van der Waals surface area (Å²) >= 11 is 0. The summed E-state index contributed by atoms with van der Waals surface area (Å²) in [5, 5.41) is 0. The maximum Gasteiger partial charge on any atom is 0.0464 e. The van der Waals surface area contributed by atoms with Gasteiger partial charge in [-0.1, -0.05) is 62.7 Å². The van der Waals surface area contributed by atoms with Crippen LogP contribution in [0, 0.1) is 6.92 Å². The van der Waals surface area contributed by atoms with Gasteiger partial charge in [0.2, 0.25) is 0 Å². The number of aryl methyl sites for hydroxylation is 5. The Labute approximate surface area is 244 Å². The molecule has 0 bridgehead atoms. The Morgan fingerprint density at radius 2 is 0.756 bits per heavy atom. The van der Waals surface area contributed by atoms with Crippen LogP contribution in [0.15, 0.2) is 109 Å². The lowest BCUT2D eigenvalue weighted by Crippen LogP contribution is -2.16. The Bertz CT molecular complexity index is 1700. The first kappa shape index (κ1) is 25.7. The lowest BCUT2D eigenvalue weighted by molar-refractivity contribution is 0.590. The van der Waals surface area contributed by atoms with Gasteiger partial charge < -0.3 is 9.80 Å². The highest BCUT2D eigenvalue weighted by Gasteiger charge is 2.21. The summed E-state index contributed by atoms with van der Waals surface area (Å²) in [4.78, 5) is 4.78. The van der Waals surface area contributed by atoms with Gasteiger partial charge in [-0.15, -0.1) is 0 Å². The van der Waals surface area contributed by atoms with E-state index in [0.717, 1.165) is 11.4 Å². The first-order valence-corrected chi connectivity index (χ1v) is 14.9. The Morgan fingerprint density at radius 1 is 0.415 bits per heavy atom. The number of anilines is 6. The van der Waals surface area contributed by atoms with Crippen molar-refractivity contribution in [3.63, 3.8) is 0 Å². The molecule has 0 aliphatic heterocycles. The minimum Gasteiger partial charge on any atom is -0.310 e. The molecule has 41 heavy (non-hydrogen) atoms. The monoisotopic (exact) mass is 534 g/mol. The van der Waals surface area contributed by atoms with Crippen molar-refractivity contribution in [2.75, 3.05) is 9.80 Å². The van der Waals surface area contributed by atoms with Crippen LogP contribution in [0.25, 0.3) is 0 Å². The Kier molecular flexibility index (Phi) is 6.23. The van der Waals surface area contributed by atoms with Crippen molar-refractivity contribution >= 4 is 34.1 Å². The SMILES string of the molecule is Cc1ccc(N(c2ccc(N(c3ccc(C(C)(C)C)cc3)c3ccc4c(c3)CC4)cc2)c2ccc3c(c2)CC3)cc1. The molecule has 0 saturated carbocycles. The van der Waals surface area contributed by atoms with Gasteiger partial charge in [-0.2, -0.15) is 0 Å². The molecule has 0 fully saturated rings. The summed E-state index contributed by atoms with van der Waals surface area (Å²) in [6.07, 6.45) is 4.74. The van der Waals surface area contributed by atoms with Gasteiger partial charge in [-0.3, -0.25) is 0 Å². The Hall–Kier alpha value is -4.30. The predicted molar refractivity (Wildman–Crippen MR) is 174 cm³/mol. The first-order chi connectivity index (χ1) is 19.8. The molecule has 5 aromatic carbocycles. The van der Waals surface area contributed by atoms with Crippen molar-refractivity contribution in [2.24, 2.45) is 0 Å². The van der Waals surface area contributed by atoms with Crippen LogP contribution in [0.3, 0.4) is 0 Å². The Morgan fingerprint density at radius 3 is 1.10 bits per heavy atom. The van der Waals surface area contributed by atoms with Gasteiger partial charge in [-0.25, -0.2) is 0 Å². The van der Waals surface area contributed by atoms with Crippen LogP contribution >= 0.6 is 0 Å². The maximum absolute atomic E-state index is 2.40. The summed E-state index contributed by atoms with van der Waals surface area (Å²) in [5.41, 5.74) is 15.8. The summed E-state index contributed by atoms with van der Waals surface area (Å²) < 4.78 is 0. The van der Waals surface area contributed by atoms with Crippen molar-refractivity contribution in [2.45, 2.75) is 58.8 Å². The van der Waals surface area contributed by atoms with Gasteiger partial charge in [0.05, 0.1) is 0 Å². The number of rotatable bonds is 6. The number of fused-ring (bicyclic) bond motifs is 2. The highest BCUT2D eigenvalue weighted by Crippen LogP contribution is 2.41. The standard InChI is InChI=1S/C39H38N2/c1-27-5-15-33(16-6-27)40(37-17-11-28-7-9-30(28)25-37)35-21-23-36(24-22-35)41(38-18-12-29-8-10-31(29)26-38)34-19-13-32(14-20-34)39(2,3)4/h5-6,11-26H,7-10H2,1-4H3. The zero-order chi connectivity index (χ0) is 28.1. The maximum atomic E-state index is 2.40. The summed E-state index contributed by atoms with van der Waals surface area (Å²) in [6.45, 7) is 8.96. The highest BCUT2D eigenvalue weighted by atomic mass is 15.2.